The molecule has 2 heterocycles. The van der Waals surface area contributed by atoms with Crippen LogP contribution in [0.4, 0.5) is 10.5 Å². The zero-order valence-electron chi connectivity index (χ0n) is 18.3. The Morgan fingerprint density at radius 1 is 1.09 bits per heavy atom. The Hall–Kier alpha value is -4.17. The second kappa shape index (κ2) is 9.76. The van der Waals surface area contributed by atoms with Crippen molar-refractivity contribution in [1.29, 1.82) is 0 Å². The predicted molar refractivity (Wildman–Crippen MR) is 127 cm³/mol. The van der Waals surface area contributed by atoms with Crippen LogP contribution >= 0.6 is 11.6 Å². The summed E-state index contributed by atoms with van der Waals surface area (Å²) in [6.07, 6.45) is 0.209. The molecule has 1 atom stereocenters. The minimum Gasteiger partial charge on any atom is -0.478 e. The number of carbonyl (C=O) groups is 2. The fourth-order valence-electron chi connectivity index (χ4n) is 3.39. The van der Waals surface area contributed by atoms with Gasteiger partial charge in [-0.3, -0.25) is 10.3 Å². The number of hydrogen-bond acceptors (Lipinski definition) is 6. The first-order chi connectivity index (χ1) is 16.3. The summed E-state index contributed by atoms with van der Waals surface area (Å²) in [6.45, 7) is 3.43. The number of aromatic carboxylic acids is 1. The van der Waals surface area contributed by atoms with Crippen LogP contribution in [0.15, 0.2) is 71.4 Å². The Balaban J connectivity index is 1.52. The number of aryl methyl sites for hydroxylation is 1. The maximum absolute atomic E-state index is 12.6. The lowest BCUT2D eigenvalue weighted by atomic mass is 10.0. The zero-order valence-corrected chi connectivity index (χ0v) is 19.0. The number of aromatic nitrogens is 2. The van der Waals surface area contributed by atoms with Gasteiger partial charge < -0.3 is 14.4 Å². The molecule has 0 aliphatic heterocycles. The lowest BCUT2D eigenvalue weighted by Crippen LogP contribution is -2.17. The van der Waals surface area contributed by atoms with Gasteiger partial charge in [0.2, 0.25) is 0 Å². The number of carboxylic acids is 1. The summed E-state index contributed by atoms with van der Waals surface area (Å²) < 4.78 is 10.9. The Kier molecular flexibility index (Phi) is 6.60. The maximum Gasteiger partial charge on any atom is 0.412 e. The van der Waals surface area contributed by atoms with Crippen LogP contribution in [0.25, 0.3) is 22.6 Å². The number of halogens is 1. The van der Waals surface area contributed by atoms with E-state index in [1.54, 1.807) is 56.3 Å². The van der Waals surface area contributed by atoms with Crippen LogP contribution in [-0.4, -0.2) is 27.3 Å². The molecule has 0 bridgehead atoms. The Morgan fingerprint density at radius 2 is 1.79 bits per heavy atom. The molecular weight excluding hydrogens is 458 g/mol. The van der Waals surface area contributed by atoms with Crippen molar-refractivity contribution in [2.45, 2.75) is 20.0 Å². The number of pyridine rings is 1. The summed E-state index contributed by atoms with van der Waals surface area (Å²) in [6, 6.07) is 17.2. The highest BCUT2D eigenvalue weighted by molar-refractivity contribution is 6.31. The van der Waals surface area contributed by atoms with Crippen molar-refractivity contribution in [3.63, 3.8) is 0 Å². The van der Waals surface area contributed by atoms with Gasteiger partial charge in [0.1, 0.15) is 17.5 Å². The van der Waals surface area contributed by atoms with Gasteiger partial charge in [-0.2, -0.15) is 0 Å². The number of nitrogens with one attached hydrogen (secondary N) is 1. The molecule has 8 nitrogen and oxygen atoms in total. The van der Waals surface area contributed by atoms with Gasteiger partial charge in [-0.1, -0.05) is 59.2 Å². The summed E-state index contributed by atoms with van der Waals surface area (Å²) in [5.41, 5.74) is 3.62. The average molecular weight is 478 g/mol. The topological polar surface area (TPSA) is 115 Å². The first-order valence-corrected chi connectivity index (χ1v) is 10.7. The first kappa shape index (κ1) is 23.0. The van der Waals surface area contributed by atoms with E-state index in [0.717, 1.165) is 5.56 Å². The first-order valence-electron chi connectivity index (χ1n) is 10.3. The summed E-state index contributed by atoms with van der Waals surface area (Å²) in [4.78, 5) is 28.0. The van der Waals surface area contributed by atoms with Crippen LogP contribution in [0.5, 0.6) is 0 Å². The highest BCUT2D eigenvalue weighted by Crippen LogP contribution is 2.33. The molecule has 1 unspecified atom stereocenters. The lowest BCUT2D eigenvalue weighted by Gasteiger charge is -2.15. The number of hydrogen-bond donors (Lipinski definition) is 2. The molecule has 172 valence electrons. The molecule has 34 heavy (non-hydrogen) atoms. The van der Waals surface area contributed by atoms with Crippen LogP contribution in [0, 0.1) is 6.92 Å². The molecule has 4 aromatic rings. The van der Waals surface area contributed by atoms with Gasteiger partial charge in [-0.05, 0) is 32.0 Å². The van der Waals surface area contributed by atoms with Crippen LogP contribution in [-0.2, 0) is 4.74 Å². The van der Waals surface area contributed by atoms with Gasteiger partial charge in [0.25, 0.3) is 0 Å². The Bertz CT molecular complexity index is 1350. The summed E-state index contributed by atoms with van der Waals surface area (Å²) >= 11 is 6.19. The van der Waals surface area contributed by atoms with Crippen LogP contribution in [0.3, 0.4) is 0 Å². The van der Waals surface area contributed by atoms with E-state index in [1.165, 1.54) is 18.3 Å². The maximum atomic E-state index is 12.6. The Labute approximate surface area is 200 Å². The van der Waals surface area contributed by atoms with Gasteiger partial charge >= 0.3 is 12.1 Å². The SMILES string of the molecule is Cc1noc(-c2ccc(-c3cc(C(=O)O)ccn3)cc2)c1NC(=O)OC(C)c1ccccc1Cl. The number of carboxylic acid groups (broad SMARTS) is 1. The van der Waals surface area contributed by atoms with Gasteiger partial charge in [-0.25, -0.2) is 9.59 Å². The monoisotopic (exact) mass is 477 g/mol. The van der Waals surface area contributed by atoms with Gasteiger partial charge in [0.05, 0.1) is 11.3 Å². The number of ether oxygens (including phenoxy) is 1. The van der Waals surface area contributed by atoms with Crippen molar-refractivity contribution >= 4 is 29.4 Å². The Morgan fingerprint density at radius 3 is 2.50 bits per heavy atom. The average Bonchev–Trinajstić information content (AvgIpc) is 3.19. The number of nitrogens with zero attached hydrogens (tertiary/aromatic N) is 2. The van der Waals surface area contributed by atoms with E-state index >= 15 is 0 Å². The van der Waals surface area contributed by atoms with Crippen molar-refractivity contribution in [3.05, 3.63) is 88.7 Å². The second-order valence-corrected chi connectivity index (χ2v) is 7.89. The molecule has 0 radical (unpaired) electrons. The molecule has 1 amide bonds. The van der Waals surface area contributed by atoms with Crippen molar-refractivity contribution in [3.8, 4) is 22.6 Å². The van der Waals surface area contributed by atoms with Crippen LogP contribution in [0.1, 0.15) is 34.6 Å². The highest BCUT2D eigenvalue weighted by Gasteiger charge is 2.21. The molecule has 0 saturated carbocycles. The minimum atomic E-state index is -1.02. The van der Waals surface area contributed by atoms with E-state index in [4.69, 9.17) is 20.9 Å². The molecule has 0 spiro atoms. The molecule has 9 heteroatoms. The van der Waals surface area contributed by atoms with E-state index in [0.29, 0.717) is 39.0 Å². The van der Waals surface area contributed by atoms with Gasteiger partial charge in [0.15, 0.2) is 5.76 Å². The molecule has 4 rings (SSSR count). The van der Waals surface area contributed by atoms with E-state index in [9.17, 15) is 14.7 Å². The largest absolute Gasteiger partial charge is 0.478 e. The quantitative estimate of drug-likeness (QED) is 0.331. The third-order valence-electron chi connectivity index (χ3n) is 5.17. The molecule has 0 fully saturated rings. The smallest absolute Gasteiger partial charge is 0.412 e. The highest BCUT2D eigenvalue weighted by atomic mass is 35.5. The number of amides is 1. The van der Waals surface area contributed by atoms with Gasteiger partial charge in [-0.15, -0.1) is 0 Å². The fraction of sp³-hybridized carbons (Fsp3) is 0.120. The third-order valence-corrected chi connectivity index (χ3v) is 5.51. The molecule has 0 saturated heterocycles. The molecule has 2 N–H and O–H groups in total. The summed E-state index contributed by atoms with van der Waals surface area (Å²) in [7, 11) is 0. The normalized spacial score (nSPS) is 11.6. The zero-order chi connectivity index (χ0) is 24.2. The lowest BCUT2D eigenvalue weighted by molar-refractivity contribution is 0.0696. The third kappa shape index (κ3) is 4.92. The van der Waals surface area contributed by atoms with E-state index in [2.05, 4.69) is 15.5 Å². The van der Waals surface area contributed by atoms with E-state index < -0.39 is 18.2 Å². The number of anilines is 1. The molecular formula is C25H20ClN3O5. The van der Waals surface area contributed by atoms with Crippen molar-refractivity contribution in [2.75, 3.05) is 5.32 Å². The van der Waals surface area contributed by atoms with Crippen molar-refractivity contribution < 1.29 is 24.0 Å². The van der Waals surface area contributed by atoms with Gasteiger partial charge in [0, 0.05) is 27.9 Å². The summed E-state index contributed by atoms with van der Waals surface area (Å²) in [5, 5.41) is 16.4. The fourth-order valence-corrected chi connectivity index (χ4v) is 3.68. The van der Waals surface area contributed by atoms with Crippen LogP contribution in [0.2, 0.25) is 5.02 Å². The predicted octanol–water partition coefficient (Wildman–Crippen LogP) is 6.37. The molecule has 0 aliphatic carbocycles. The number of benzene rings is 2. The number of carbonyl (C=O) groups excluding carboxylic acids is 1. The summed E-state index contributed by atoms with van der Waals surface area (Å²) in [5.74, 6) is -0.664. The van der Waals surface area contributed by atoms with E-state index in [-0.39, 0.29) is 5.56 Å². The molecule has 0 aliphatic rings. The van der Waals surface area contributed by atoms with Crippen molar-refractivity contribution in [1.82, 2.24) is 10.1 Å². The van der Waals surface area contributed by atoms with E-state index in [1.807, 2.05) is 6.07 Å². The molecule has 2 aromatic heterocycles. The second-order valence-electron chi connectivity index (χ2n) is 7.48. The van der Waals surface area contributed by atoms with Crippen LogP contribution < -0.4 is 5.32 Å². The number of rotatable bonds is 6. The van der Waals surface area contributed by atoms with Crippen molar-refractivity contribution in [2.24, 2.45) is 0 Å². The standard InChI is InChI=1S/C25H20ClN3O5/c1-14-22(28-25(32)33-15(2)19-5-3-4-6-20(19)26)23(34-29-14)17-9-7-16(8-10-17)21-13-18(24(30)31)11-12-27-21/h3-13,15H,1-2H3,(H,28,32)(H,30,31). The molecule has 2 aromatic carbocycles. The minimum absolute atomic E-state index is 0.149.